The molecule has 4 fully saturated rings. The fourth-order valence-corrected chi connectivity index (χ4v) is 9.42. The Hall–Kier alpha value is -4.05. The molecular weight excluding hydrogens is 714 g/mol. The Kier molecular flexibility index (Phi) is 10.4. The van der Waals surface area contributed by atoms with Crippen molar-refractivity contribution in [3.05, 3.63) is 47.7 Å². The average Bonchev–Trinajstić information content (AvgIpc) is 3.85. The number of carbonyl (C=O) groups is 4. The number of hydrogen-bond donors (Lipinski definition) is 3. The first-order valence-electron chi connectivity index (χ1n) is 17.6. The molecule has 1 aromatic carbocycles. The number of alkyl carbamates (subject to hydrolysis) is 1. The van der Waals surface area contributed by atoms with Gasteiger partial charge >= 0.3 is 6.09 Å². The number of halogens is 1. The molecule has 5 atom stereocenters. The Bertz CT molecular complexity index is 1850. The number of carbonyl (C=O) groups excluding carboxylic acids is 4. The Morgan fingerprint density at radius 1 is 1.15 bits per heavy atom. The van der Waals surface area contributed by atoms with E-state index in [2.05, 4.69) is 21.9 Å². The highest BCUT2D eigenvalue weighted by Gasteiger charge is 2.62. The summed E-state index contributed by atoms with van der Waals surface area (Å²) in [5.74, 6) is -3.03. The van der Waals surface area contributed by atoms with Gasteiger partial charge in [0, 0.05) is 23.8 Å². The Morgan fingerprint density at radius 2 is 1.87 bits per heavy atom. The molecule has 3 saturated carbocycles. The molecule has 16 heteroatoms. The number of nitrogens with zero attached hydrogens (tertiary/aromatic N) is 2. The second-order valence-electron chi connectivity index (χ2n) is 15.3. The van der Waals surface area contributed by atoms with Gasteiger partial charge in [0.25, 0.3) is 5.91 Å². The van der Waals surface area contributed by atoms with Crippen LogP contribution in [0.1, 0.15) is 83.7 Å². The number of rotatable bonds is 12. The number of hydrogen-bond acceptors (Lipinski definition) is 10. The summed E-state index contributed by atoms with van der Waals surface area (Å²) in [4.78, 5) is 61.5. The molecule has 0 bridgehead atoms. The molecule has 3 aliphatic carbocycles. The van der Waals surface area contributed by atoms with Crippen molar-refractivity contribution in [2.45, 2.75) is 107 Å². The monoisotopic (exact) mass is 759 g/mol. The zero-order chi connectivity index (χ0) is 37.6. The number of methoxy groups -OCH3 is 1. The number of amides is 4. The molecule has 6 rings (SSSR count). The van der Waals surface area contributed by atoms with Crippen LogP contribution in [-0.2, 0) is 29.1 Å². The van der Waals surface area contributed by atoms with E-state index in [-0.39, 0.29) is 25.5 Å². The van der Waals surface area contributed by atoms with Crippen LogP contribution in [0.15, 0.2) is 36.2 Å². The van der Waals surface area contributed by atoms with Crippen LogP contribution in [0.2, 0.25) is 0 Å². The normalized spacial score (nSPS) is 25.2. The number of likely N-dealkylation sites (tertiary alicyclic amines) is 1. The van der Waals surface area contributed by atoms with Crippen LogP contribution < -0.4 is 20.1 Å². The molecule has 1 aromatic heterocycles. The molecule has 0 unspecified atom stereocenters. The highest BCUT2D eigenvalue weighted by Crippen LogP contribution is 2.46. The van der Waals surface area contributed by atoms with Crippen LogP contribution in [0, 0.1) is 17.2 Å². The summed E-state index contributed by atoms with van der Waals surface area (Å²) in [7, 11) is -2.43. The van der Waals surface area contributed by atoms with Crippen LogP contribution in [0.3, 0.4) is 0 Å². The minimum absolute atomic E-state index is 0.0481. The summed E-state index contributed by atoms with van der Waals surface area (Å²) in [6, 6.07) is 1.93. The first kappa shape index (κ1) is 37.7. The van der Waals surface area contributed by atoms with E-state index in [9.17, 15) is 32.0 Å². The van der Waals surface area contributed by atoms with E-state index < -0.39 is 79.8 Å². The van der Waals surface area contributed by atoms with E-state index in [1.165, 1.54) is 47.6 Å². The summed E-state index contributed by atoms with van der Waals surface area (Å²) in [6.07, 6.45) is 5.11. The lowest BCUT2D eigenvalue weighted by Crippen LogP contribution is -2.60. The van der Waals surface area contributed by atoms with E-state index in [1.807, 2.05) is 0 Å². The van der Waals surface area contributed by atoms with Gasteiger partial charge in [-0.05, 0) is 75.0 Å². The van der Waals surface area contributed by atoms with E-state index in [4.69, 9.17) is 14.5 Å². The standard InChI is InChI=1S/C36H46FN5O8S2/c1-6-21-17-36(21,33(45)41-52(47,48)24-12-13-24)40-30(43)27-15-20(26-19-51-31(38-26)25-16-22(37)11-14-28(25)49-5)18-42(27)32(44)29(35(2,3)4)39-34(46)50-23-9-7-8-10-23/h6,11,14,16,19-21,23-24,27,29H,1,7-10,12-13,15,17-18H2,2-5H3,(H,39,46)(H,40,43)(H,41,45)/t20-,21-,27+,29-,36-/m1/s1. The van der Waals surface area contributed by atoms with Crippen molar-refractivity contribution >= 4 is 45.2 Å². The molecule has 282 valence electrons. The quantitative estimate of drug-likeness (QED) is 0.265. The number of sulfonamides is 1. The summed E-state index contributed by atoms with van der Waals surface area (Å²) in [5, 5.41) is 7.19. The van der Waals surface area contributed by atoms with Gasteiger partial charge in [-0.1, -0.05) is 26.8 Å². The van der Waals surface area contributed by atoms with Crippen molar-refractivity contribution in [3.8, 4) is 16.3 Å². The zero-order valence-corrected chi connectivity index (χ0v) is 31.4. The summed E-state index contributed by atoms with van der Waals surface area (Å²) >= 11 is 1.26. The van der Waals surface area contributed by atoms with Crippen LogP contribution >= 0.6 is 11.3 Å². The fraction of sp³-hybridized carbons (Fsp3) is 0.583. The molecule has 2 heterocycles. The second kappa shape index (κ2) is 14.4. The maximum Gasteiger partial charge on any atom is 0.408 e. The van der Waals surface area contributed by atoms with Crippen molar-refractivity contribution in [1.82, 2.24) is 25.2 Å². The molecular formula is C36H46FN5O8S2. The first-order chi connectivity index (χ1) is 24.6. The molecule has 1 aliphatic heterocycles. The molecule has 4 amide bonds. The molecule has 3 N–H and O–H groups in total. The molecule has 0 radical (unpaired) electrons. The van der Waals surface area contributed by atoms with Crippen LogP contribution in [0.4, 0.5) is 9.18 Å². The Balaban J connectivity index is 1.28. The van der Waals surface area contributed by atoms with Gasteiger partial charge in [0.15, 0.2) is 0 Å². The van der Waals surface area contributed by atoms with Crippen LogP contribution in [0.25, 0.3) is 10.6 Å². The smallest absolute Gasteiger partial charge is 0.408 e. The second-order valence-corrected chi connectivity index (χ2v) is 18.1. The van der Waals surface area contributed by atoms with Crippen molar-refractivity contribution in [2.24, 2.45) is 11.3 Å². The maximum absolute atomic E-state index is 14.5. The van der Waals surface area contributed by atoms with E-state index in [1.54, 1.807) is 26.2 Å². The van der Waals surface area contributed by atoms with Gasteiger partial charge in [-0.25, -0.2) is 22.6 Å². The van der Waals surface area contributed by atoms with Gasteiger partial charge in [-0.2, -0.15) is 0 Å². The SMILES string of the molecule is C=C[C@@H]1C[C@]1(NC(=O)[C@@H]1C[C@@H](c2csc(-c3cc(F)ccc3OC)n2)CN1C(=O)[C@@H](NC(=O)OC1CCCC1)C(C)(C)C)C(=O)NS(=O)(=O)C1CC1. The Morgan fingerprint density at radius 3 is 2.48 bits per heavy atom. The minimum atomic E-state index is -3.90. The van der Waals surface area contributed by atoms with E-state index >= 15 is 0 Å². The summed E-state index contributed by atoms with van der Waals surface area (Å²) in [6.45, 7) is 9.21. The van der Waals surface area contributed by atoms with Crippen molar-refractivity contribution in [3.63, 3.8) is 0 Å². The number of benzene rings is 1. The molecule has 52 heavy (non-hydrogen) atoms. The molecule has 13 nitrogen and oxygen atoms in total. The van der Waals surface area contributed by atoms with E-state index in [0.717, 1.165) is 25.7 Å². The predicted molar refractivity (Wildman–Crippen MR) is 191 cm³/mol. The lowest BCUT2D eigenvalue weighted by Gasteiger charge is -2.35. The van der Waals surface area contributed by atoms with Crippen molar-refractivity contribution in [2.75, 3.05) is 13.7 Å². The van der Waals surface area contributed by atoms with Crippen LogP contribution in [-0.4, -0.2) is 84.7 Å². The Labute approximate surface area is 307 Å². The van der Waals surface area contributed by atoms with Crippen molar-refractivity contribution < 1.29 is 41.5 Å². The lowest BCUT2D eigenvalue weighted by atomic mass is 9.85. The lowest BCUT2D eigenvalue weighted by molar-refractivity contribution is -0.142. The summed E-state index contributed by atoms with van der Waals surface area (Å²) in [5.41, 5.74) is -1.33. The highest BCUT2D eigenvalue weighted by atomic mass is 32.2. The van der Waals surface area contributed by atoms with Gasteiger partial charge in [0.2, 0.25) is 21.8 Å². The largest absolute Gasteiger partial charge is 0.496 e. The summed E-state index contributed by atoms with van der Waals surface area (Å²) < 4.78 is 52.8. The van der Waals surface area contributed by atoms with E-state index in [0.29, 0.717) is 34.9 Å². The molecule has 0 spiro atoms. The van der Waals surface area contributed by atoms with Gasteiger partial charge in [0.1, 0.15) is 40.3 Å². The predicted octanol–water partition coefficient (Wildman–Crippen LogP) is 4.40. The van der Waals surface area contributed by atoms with Gasteiger partial charge in [-0.15, -0.1) is 17.9 Å². The maximum atomic E-state index is 14.5. The van der Waals surface area contributed by atoms with Crippen LogP contribution in [0.5, 0.6) is 5.75 Å². The number of thiazole rings is 1. The topological polar surface area (TPSA) is 173 Å². The zero-order valence-electron chi connectivity index (χ0n) is 29.8. The fourth-order valence-electron chi connectivity index (χ4n) is 7.13. The third-order valence-electron chi connectivity index (χ3n) is 10.4. The third kappa shape index (κ3) is 7.82. The number of ether oxygens (including phenoxy) is 2. The molecule has 4 aliphatic rings. The first-order valence-corrected chi connectivity index (χ1v) is 20.1. The number of aromatic nitrogens is 1. The van der Waals surface area contributed by atoms with Gasteiger partial charge in [0.05, 0.1) is 23.6 Å². The average molecular weight is 760 g/mol. The third-order valence-corrected chi connectivity index (χ3v) is 13.1. The highest BCUT2D eigenvalue weighted by molar-refractivity contribution is 7.91. The van der Waals surface area contributed by atoms with Gasteiger partial charge in [-0.3, -0.25) is 19.1 Å². The minimum Gasteiger partial charge on any atom is -0.496 e. The van der Waals surface area contributed by atoms with Crippen molar-refractivity contribution in [1.29, 1.82) is 0 Å². The molecule has 1 saturated heterocycles. The molecule has 2 aromatic rings. The number of nitrogens with one attached hydrogen (secondary N) is 3. The van der Waals surface area contributed by atoms with Gasteiger partial charge < -0.3 is 25.0 Å².